The third-order valence-corrected chi connectivity index (χ3v) is 4.98. The van der Waals surface area contributed by atoms with E-state index in [-0.39, 0.29) is 18.6 Å². The lowest BCUT2D eigenvalue weighted by Crippen LogP contribution is -2.23. The molecule has 0 aliphatic carbocycles. The number of hydrogen-bond acceptors (Lipinski definition) is 6. The number of benzene rings is 2. The number of rotatable bonds is 6. The van der Waals surface area contributed by atoms with Crippen LogP contribution in [0.3, 0.4) is 0 Å². The highest BCUT2D eigenvalue weighted by Gasteiger charge is 2.20. The van der Waals surface area contributed by atoms with E-state index in [4.69, 9.17) is 14.2 Å². The average Bonchev–Trinajstić information content (AvgIpc) is 3.26. The maximum Gasteiger partial charge on any atom is 0.257 e. The molecule has 2 aromatic carbocycles. The number of nitriles is 1. The van der Waals surface area contributed by atoms with Crippen LogP contribution < -0.4 is 19.5 Å². The molecule has 2 heterocycles. The molecule has 0 radical (unpaired) electrons. The number of pyridine rings is 1. The fourth-order valence-corrected chi connectivity index (χ4v) is 3.08. The van der Waals surface area contributed by atoms with Crippen LogP contribution in [0.2, 0.25) is 0 Å². The number of amides is 1. The molecule has 31 heavy (non-hydrogen) atoms. The van der Waals surface area contributed by atoms with Gasteiger partial charge in [0.2, 0.25) is 12.7 Å². The number of carbonyl (C=O) groups is 1. The summed E-state index contributed by atoms with van der Waals surface area (Å²) in [4.78, 5) is 17.0. The standard InChI is InChI=1S/C24H21N3O4/c1-24(2,14-25)17-7-5-16(6-8-17)13-27-22(28)19-4-3-11-26-23(19)31-18-9-10-20-21(12-18)30-15-29-20/h3-12H,13,15H2,1-2H3,(H,27,28). The molecule has 0 fully saturated rings. The zero-order valence-corrected chi connectivity index (χ0v) is 17.2. The Kier molecular flexibility index (Phi) is 5.46. The van der Waals surface area contributed by atoms with Gasteiger partial charge in [-0.15, -0.1) is 0 Å². The highest BCUT2D eigenvalue weighted by atomic mass is 16.7. The molecule has 1 N–H and O–H groups in total. The van der Waals surface area contributed by atoms with Crippen LogP contribution in [0.1, 0.15) is 35.3 Å². The van der Waals surface area contributed by atoms with Gasteiger partial charge >= 0.3 is 0 Å². The average molecular weight is 415 g/mol. The minimum Gasteiger partial charge on any atom is -0.454 e. The lowest BCUT2D eigenvalue weighted by atomic mass is 9.86. The molecule has 1 aliphatic rings. The number of nitrogens with zero attached hydrogens (tertiary/aromatic N) is 2. The molecule has 0 unspecified atom stereocenters. The summed E-state index contributed by atoms with van der Waals surface area (Å²) in [6, 6.07) is 18.4. The minimum atomic E-state index is -0.557. The molecule has 4 rings (SSSR count). The largest absolute Gasteiger partial charge is 0.454 e. The van der Waals surface area contributed by atoms with E-state index in [0.29, 0.717) is 29.4 Å². The normalized spacial score (nSPS) is 12.2. The second-order valence-electron chi connectivity index (χ2n) is 7.59. The van der Waals surface area contributed by atoms with Crippen molar-refractivity contribution in [3.05, 3.63) is 77.5 Å². The van der Waals surface area contributed by atoms with Crippen LogP contribution in [-0.2, 0) is 12.0 Å². The Morgan fingerprint density at radius 1 is 1.16 bits per heavy atom. The van der Waals surface area contributed by atoms with Gasteiger partial charge in [0.25, 0.3) is 5.91 Å². The molecule has 1 aromatic heterocycles. The second kappa shape index (κ2) is 8.36. The molecule has 7 heteroatoms. The molecule has 0 saturated heterocycles. The Bertz CT molecular complexity index is 1150. The maximum atomic E-state index is 12.8. The Labute approximate surface area is 180 Å². The smallest absolute Gasteiger partial charge is 0.257 e. The number of nitrogens with one attached hydrogen (secondary N) is 1. The molecular formula is C24H21N3O4. The summed E-state index contributed by atoms with van der Waals surface area (Å²) in [6.45, 7) is 4.25. The van der Waals surface area contributed by atoms with E-state index in [0.717, 1.165) is 11.1 Å². The summed E-state index contributed by atoms with van der Waals surface area (Å²) in [7, 11) is 0. The Balaban J connectivity index is 1.44. The van der Waals surface area contributed by atoms with Crippen LogP contribution in [0.5, 0.6) is 23.1 Å². The topological polar surface area (TPSA) is 93.5 Å². The third-order valence-electron chi connectivity index (χ3n) is 4.98. The van der Waals surface area contributed by atoms with Crippen molar-refractivity contribution in [2.75, 3.05) is 6.79 Å². The van der Waals surface area contributed by atoms with Gasteiger partial charge < -0.3 is 19.5 Å². The van der Waals surface area contributed by atoms with Gasteiger partial charge in [0.1, 0.15) is 11.3 Å². The molecule has 3 aromatic rings. The van der Waals surface area contributed by atoms with Gasteiger partial charge in [-0.25, -0.2) is 4.98 Å². The Morgan fingerprint density at radius 2 is 1.94 bits per heavy atom. The molecular weight excluding hydrogens is 394 g/mol. The van der Waals surface area contributed by atoms with Crippen LogP contribution in [0.4, 0.5) is 0 Å². The molecule has 1 amide bonds. The predicted octanol–water partition coefficient (Wildman–Crippen LogP) is 4.33. The van der Waals surface area contributed by atoms with Crippen LogP contribution in [0.25, 0.3) is 0 Å². The fourth-order valence-electron chi connectivity index (χ4n) is 3.08. The predicted molar refractivity (Wildman–Crippen MR) is 113 cm³/mol. The summed E-state index contributed by atoms with van der Waals surface area (Å²) < 4.78 is 16.5. The second-order valence-corrected chi connectivity index (χ2v) is 7.59. The Morgan fingerprint density at radius 3 is 2.71 bits per heavy atom. The van der Waals surface area contributed by atoms with E-state index in [9.17, 15) is 10.1 Å². The first-order valence-corrected chi connectivity index (χ1v) is 9.78. The quantitative estimate of drug-likeness (QED) is 0.644. The fraction of sp³-hybridized carbons (Fsp3) is 0.208. The summed E-state index contributed by atoms with van der Waals surface area (Å²) in [5.41, 5.74) is 1.62. The van der Waals surface area contributed by atoms with Gasteiger partial charge in [0, 0.05) is 18.8 Å². The van der Waals surface area contributed by atoms with Crippen LogP contribution >= 0.6 is 0 Å². The van der Waals surface area contributed by atoms with Crippen molar-refractivity contribution < 1.29 is 19.0 Å². The molecule has 0 saturated carbocycles. The minimum absolute atomic E-state index is 0.172. The number of hydrogen-bond donors (Lipinski definition) is 1. The van der Waals surface area contributed by atoms with Crippen molar-refractivity contribution in [1.29, 1.82) is 5.26 Å². The van der Waals surface area contributed by atoms with Gasteiger partial charge in [0.05, 0.1) is 11.5 Å². The Hall–Kier alpha value is -4.05. The van der Waals surface area contributed by atoms with Crippen molar-refractivity contribution >= 4 is 5.91 Å². The van der Waals surface area contributed by atoms with E-state index in [1.54, 1.807) is 36.5 Å². The third kappa shape index (κ3) is 4.43. The lowest BCUT2D eigenvalue weighted by molar-refractivity contribution is 0.0948. The molecule has 0 spiro atoms. The van der Waals surface area contributed by atoms with Crippen molar-refractivity contribution in [2.24, 2.45) is 0 Å². The lowest BCUT2D eigenvalue weighted by Gasteiger charge is -2.16. The summed E-state index contributed by atoms with van der Waals surface area (Å²) >= 11 is 0. The maximum absolute atomic E-state index is 12.8. The number of carbonyl (C=O) groups excluding carboxylic acids is 1. The molecule has 7 nitrogen and oxygen atoms in total. The zero-order chi connectivity index (χ0) is 21.8. The van der Waals surface area contributed by atoms with Gasteiger partial charge in [-0.2, -0.15) is 5.26 Å². The van der Waals surface area contributed by atoms with E-state index < -0.39 is 5.41 Å². The first-order valence-electron chi connectivity index (χ1n) is 9.78. The number of ether oxygens (including phenoxy) is 3. The number of fused-ring (bicyclic) bond motifs is 1. The molecule has 0 atom stereocenters. The molecule has 1 aliphatic heterocycles. The highest BCUT2D eigenvalue weighted by Crippen LogP contribution is 2.36. The molecule has 0 bridgehead atoms. The van der Waals surface area contributed by atoms with Gasteiger partial charge in [-0.1, -0.05) is 24.3 Å². The van der Waals surface area contributed by atoms with Crippen molar-refractivity contribution in [3.8, 4) is 29.2 Å². The summed E-state index contributed by atoms with van der Waals surface area (Å²) in [5.74, 6) is 1.63. The van der Waals surface area contributed by atoms with Crippen LogP contribution in [0.15, 0.2) is 60.8 Å². The first kappa shape index (κ1) is 20.2. The van der Waals surface area contributed by atoms with Crippen molar-refractivity contribution in [2.45, 2.75) is 25.8 Å². The highest BCUT2D eigenvalue weighted by molar-refractivity contribution is 5.96. The van der Waals surface area contributed by atoms with E-state index in [1.165, 1.54) is 0 Å². The SMILES string of the molecule is CC(C)(C#N)c1ccc(CNC(=O)c2cccnc2Oc2ccc3c(c2)OCO3)cc1. The van der Waals surface area contributed by atoms with Crippen molar-refractivity contribution in [1.82, 2.24) is 10.3 Å². The van der Waals surface area contributed by atoms with E-state index >= 15 is 0 Å². The van der Waals surface area contributed by atoms with E-state index in [1.807, 2.05) is 38.1 Å². The zero-order valence-electron chi connectivity index (χ0n) is 17.2. The van der Waals surface area contributed by atoms with Crippen molar-refractivity contribution in [3.63, 3.8) is 0 Å². The summed E-state index contributed by atoms with van der Waals surface area (Å²) in [6.07, 6.45) is 1.56. The molecule has 156 valence electrons. The number of aromatic nitrogens is 1. The monoisotopic (exact) mass is 415 g/mol. The van der Waals surface area contributed by atoms with Gasteiger partial charge in [0.15, 0.2) is 11.5 Å². The summed E-state index contributed by atoms with van der Waals surface area (Å²) in [5, 5.41) is 12.1. The van der Waals surface area contributed by atoms with Gasteiger partial charge in [-0.3, -0.25) is 4.79 Å². The van der Waals surface area contributed by atoms with E-state index in [2.05, 4.69) is 16.4 Å². The first-order chi connectivity index (χ1) is 15.0. The van der Waals surface area contributed by atoms with Crippen LogP contribution in [-0.4, -0.2) is 17.7 Å². The van der Waals surface area contributed by atoms with Gasteiger partial charge in [-0.05, 0) is 49.2 Å². The van der Waals surface area contributed by atoms with Crippen LogP contribution in [0, 0.1) is 11.3 Å².